The zero-order valence-electron chi connectivity index (χ0n) is 12.0. The Morgan fingerprint density at radius 2 is 2.25 bits per heavy atom. The van der Waals surface area contributed by atoms with E-state index in [4.69, 9.17) is 5.11 Å². The van der Waals surface area contributed by atoms with Crippen LogP contribution in [-0.4, -0.2) is 54.1 Å². The largest absolute Gasteiger partial charge is 0.478 e. The van der Waals surface area contributed by atoms with Gasteiger partial charge in [-0.25, -0.2) is 9.18 Å². The molecule has 0 amide bonds. The van der Waals surface area contributed by atoms with E-state index in [1.807, 2.05) is 14.1 Å². The van der Waals surface area contributed by atoms with Crippen molar-refractivity contribution < 1.29 is 14.3 Å². The van der Waals surface area contributed by atoms with Gasteiger partial charge >= 0.3 is 5.97 Å². The highest BCUT2D eigenvalue weighted by atomic mass is 19.1. The van der Waals surface area contributed by atoms with Gasteiger partial charge in [0.1, 0.15) is 5.82 Å². The van der Waals surface area contributed by atoms with Crippen LogP contribution in [0, 0.1) is 5.82 Å². The molecule has 0 aliphatic carbocycles. The first-order valence-corrected chi connectivity index (χ1v) is 6.88. The number of likely N-dealkylation sites (N-methyl/N-ethyl adjacent to an activating group) is 1. The van der Waals surface area contributed by atoms with Crippen molar-refractivity contribution in [2.24, 2.45) is 0 Å². The fraction of sp³-hybridized carbons (Fsp3) is 0.533. The standard InChI is InChI=1S/C15H21FN2O2/c1-17(2)10-13-4-3-7-18(13)9-12-6-5-11(15(19)20)8-14(12)16/h5-6,8,13H,3-4,7,9-10H2,1-2H3,(H,19,20). The number of benzene rings is 1. The Morgan fingerprint density at radius 3 is 2.85 bits per heavy atom. The van der Waals surface area contributed by atoms with Crippen LogP contribution in [0.1, 0.15) is 28.8 Å². The lowest BCUT2D eigenvalue weighted by Crippen LogP contribution is -2.37. The third-order valence-corrected chi connectivity index (χ3v) is 3.75. The first-order chi connectivity index (χ1) is 9.47. The van der Waals surface area contributed by atoms with Gasteiger partial charge in [0.2, 0.25) is 0 Å². The lowest BCUT2D eigenvalue weighted by Gasteiger charge is -2.27. The van der Waals surface area contributed by atoms with Crippen LogP contribution in [0.3, 0.4) is 0 Å². The number of carbonyl (C=O) groups is 1. The number of aromatic carboxylic acids is 1. The molecule has 2 rings (SSSR count). The number of likely N-dealkylation sites (tertiary alicyclic amines) is 1. The van der Waals surface area contributed by atoms with Crippen LogP contribution in [0.5, 0.6) is 0 Å². The summed E-state index contributed by atoms with van der Waals surface area (Å²) in [7, 11) is 4.08. The molecule has 4 nitrogen and oxygen atoms in total. The van der Waals surface area contributed by atoms with Gasteiger partial charge in [-0.2, -0.15) is 0 Å². The molecule has 1 aliphatic heterocycles. The molecule has 1 N–H and O–H groups in total. The van der Waals surface area contributed by atoms with Crippen LogP contribution in [-0.2, 0) is 6.54 Å². The number of rotatable bonds is 5. The summed E-state index contributed by atoms with van der Waals surface area (Å²) in [5.74, 6) is -1.53. The van der Waals surface area contributed by atoms with Crippen LogP contribution in [0.25, 0.3) is 0 Å². The van der Waals surface area contributed by atoms with Gasteiger partial charge in [0.05, 0.1) is 5.56 Å². The number of hydrogen-bond donors (Lipinski definition) is 1. The van der Waals surface area contributed by atoms with Crippen LogP contribution in [0.4, 0.5) is 4.39 Å². The first kappa shape index (κ1) is 14.9. The second-order valence-electron chi connectivity index (χ2n) is 5.64. The van der Waals surface area contributed by atoms with Crippen molar-refractivity contribution in [2.45, 2.75) is 25.4 Å². The van der Waals surface area contributed by atoms with E-state index in [-0.39, 0.29) is 5.56 Å². The highest BCUT2D eigenvalue weighted by Gasteiger charge is 2.25. The van der Waals surface area contributed by atoms with E-state index >= 15 is 0 Å². The molecule has 1 aliphatic rings. The number of carboxylic acids is 1. The van der Waals surface area contributed by atoms with Crippen molar-refractivity contribution in [1.82, 2.24) is 9.80 Å². The zero-order valence-corrected chi connectivity index (χ0v) is 12.0. The van der Waals surface area contributed by atoms with Gasteiger partial charge in [-0.05, 0) is 45.6 Å². The smallest absolute Gasteiger partial charge is 0.335 e. The van der Waals surface area contributed by atoms with Crippen molar-refractivity contribution >= 4 is 5.97 Å². The predicted octanol–water partition coefficient (Wildman–Crippen LogP) is 2.05. The third-order valence-electron chi connectivity index (χ3n) is 3.75. The van der Waals surface area contributed by atoms with Crippen molar-refractivity contribution in [3.8, 4) is 0 Å². The summed E-state index contributed by atoms with van der Waals surface area (Å²) in [5.41, 5.74) is 0.568. The van der Waals surface area contributed by atoms with Gasteiger partial charge in [-0.15, -0.1) is 0 Å². The minimum atomic E-state index is -1.10. The van der Waals surface area contributed by atoms with Gasteiger partial charge in [-0.3, -0.25) is 4.90 Å². The molecule has 0 saturated carbocycles. The maximum atomic E-state index is 14.0. The average Bonchev–Trinajstić information content (AvgIpc) is 2.78. The molecule has 0 radical (unpaired) electrons. The number of carboxylic acid groups (broad SMARTS) is 1. The van der Waals surface area contributed by atoms with Gasteiger partial charge in [0.25, 0.3) is 0 Å². The summed E-state index contributed by atoms with van der Waals surface area (Å²) >= 11 is 0. The Morgan fingerprint density at radius 1 is 1.50 bits per heavy atom. The average molecular weight is 280 g/mol. The highest BCUT2D eigenvalue weighted by Crippen LogP contribution is 2.22. The van der Waals surface area contributed by atoms with Gasteiger partial charge in [0.15, 0.2) is 0 Å². The minimum absolute atomic E-state index is 0.00230. The molecule has 1 atom stereocenters. The minimum Gasteiger partial charge on any atom is -0.478 e. The molecule has 0 aromatic heterocycles. The van der Waals surface area contributed by atoms with E-state index in [1.165, 1.54) is 6.07 Å². The molecule has 1 fully saturated rings. The van der Waals surface area contributed by atoms with Gasteiger partial charge in [0, 0.05) is 24.7 Å². The number of halogens is 1. The highest BCUT2D eigenvalue weighted by molar-refractivity contribution is 5.87. The Kier molecular flexibility index (Phi) is 4.73. The lowest BCUT2D eigenvalue weighted by atomic mass is 10.1. The summed E-state index contributed by atoms with van der Waals surface area (Å²) in [6, 6.07) is 4.61. The maximum Gasteiger partial charge on any atom is 0.335 e. The summed E-state index contributed by atoms with van der Waals surface area (Å²) in [5, 5.41) is 8.84. The van der Waals surface area contributed by atoms with E-state index < -0.39 is 11.8 Å². The SMILES string of the molecule is CN(C)CC1CCCN1Cc1ccc(C(=O)O)cc1F. The molecule has 1 aromatic rings. The van der Waals surface area contributed by atoms with E-state index in [2.05, 4.69) is 9.80 Å². The van der Waals surface area contributed by atoms with Crippen molar-refractivity contribution in [2.75, 3.05) is 27.2 Å². The molecule has 5 heteroatoms. The molecule has 1 aromatic carbocycles. The first-order valence-electron chi connectivity index (χ1n) is 6.88. The normalized spacial score (nSPS) is 19.7. The Hall–Kier alpha value is -1.46. The number of nitrogens with zero attached hydrogens (tertiary/aromatic N) is 2. The fourth-order valence-corrected chi connectivity index (χ4v) is 2.76. The van der Waals surface area contributed by atoms with E-state index in [1.54, 1.807) is 6.07 Å². The van der Waals surface area contributed by atoms with E-state index in [9.17, 15) is 9.18 Å². The topological polar surface area (TPSA) is 43.8 Å². The molecule has 1 saturated heterocycles. The predicted molar refractivity (Wildman–Crippen MR) is 75.3 cm³/mol. The monoisotopic (exact) mass is 280 g/mol. The van der Waals surface area contributed by atoms with Crippen LogP contribution >= 0.6 is 0 Å². The third kappa shape index (κ3) is 3.55. The van der Waals surface area contributed by atoms with E-state index in [0.717, 1.165) is 32.0 Å². The fourth-order valence-electron chi connectivity index (χ4n) is 2.76. The zero-order chi connectivity index (χ0) is 14.7. The van der Waals surface area contributed by atoms with Crippen LogP contribution < -0.4 is 0 Å². The number of hydrogen-bond acceptors (Lipinski definition) is 3. The molecular formula is C15H21FN2O2. The lowest BCUT2D eigenvalue weighted by molar-refractivity contribution is 0.0696. The Balaban J connectivity index is 2.07. The van der Waals surface area contributed by atoms with E-state index in [0.29, 0.717) is 18.2 Å². The Labute approximate surface area is 118 Å². The van der Waals surface area contributed by atoms with Crippen molar-refractivity contribution in [3.63, 3.8) is 0 Å². The summed E-state index contributed by atoms with van der Waals surface area (Å²) in [6.07, 6.45) is 2.26. The molecule has 20 heavy (non-hydrogen) atoms. The second-order valence-corrected chi connectivity index (χ2v) is 5.64. The molecular weight excluding hydrogens is 259 g/mol. The van der Waals surface area contributed by atoms with Gasteiger partial charge < -0.3 is 10.0 Å². The quantitative estimate of drug-likeness (QED) is 0.896. The second kappa shape index (κ2) is 6.33. The molecule has 1 heterocycles. The molecule has 0 bridgehead atoms. The summed E-state index contributed by atoms with van der Waals surface area (Å²) < 4.78 is 14.0. The summed E-state index contributed by atoms with van der Waals surface area (Å²) in [4.78, 5) is 15.2. The Bertz CT molecular complexity index is 491. The molecule has 1 unspecified atom stereocenters. The van der Waals surface area contributed by atoms with Crippen LogP contribution in [0.2, 0.25) is 0 Å². The molecule has 110 valence electrons. The summed E-state index contributed by atoms with van der Waals surface area (Å²) in [6.45, 7) is 2.48. The molecule has 0 spiro atoms. The maximum absolute atomic E-state index is 14.0. The van der Waals surface area contributed by atoms with Crippen LogP contribution in [0.15, 0.2) is 18.2 Å². The van der Waals surface area contributed by atoms with Gasteiger partial charge in [-0.1, -0.05) is 6.07 Å². The van der Waals surface area contributed by atoms with Crippen molar-refractivity contribution in [3.05, 3.63) is 35.1 Å². The van der Waals surface area contributed by atoms with Crippen molar-refractivity contribution in [1.29, 1.82) is 0 Å².